The fraction of sp³-hybridized carbons (Fsp3) is 0.355. The smallest absolute Gasteiger partial charge is 0.323 e. The number of thiocarbonyl (C=S) groups is 1. The molecule has 0 unspecified atom stereocenters. The molecule has 1 fully saturated rings. The van der Waals surface area contributed by atoms with Gasteiger partial charge in [0.05, 0.1) is 6.42 Å². The van der Waals surface area contributed by atoms with Gasteiger partial charge in [-0.15, -0.1) is 0 Å². The third-order valence-electron chi connectivity index (χ3n) is 7.13. The van der Waals surface area contributed by atoms with E-state index in [2.05, 4.69) is 44.8 Å². The summed E-state index contributed by atoms with van der Waals surface area (Å²) >= 11 is 5.24. The molecule has 3 amide bonds. The van der Waals surface area contributed by atoms with Crippen molar-refractivity contribution in [3.8, 4) is 11.5 Å². The van der Waals surface area contributed by atoms with Crippen LogP contribution in [0.15, 0.2) is 66.9 Å². The summed E-state index contributed by atoms with van der Waals surface area (Å²) in [4.78, 5) is 35.8. The number of carbonyl (C=O) groups is 2. The number of rotatable bonds is 10. The number of ether oxygens (including phenoxy) is 1. The van der Waals surface area contributed by atoms with Gasteiger partial charge in [-0.2, -0.15) is 0 Å². The molecule has 0 spiro atoms. The lowest BCUT2D eigenvalue weighted by molar-refractivity contribution is -0.119. The fourth-order valence-corrected chi connectivity index (χ4v) is 4.87. The number of pyridine rings is 1. The van der Waals surface area contributed by atoms with Gasteiger partial charge >= 0.3 is 6.03 Å². The number of aromatic nitrogens is 1. The summed E-state index contributed by atoms with van der Waals surface area (Å²) in [7, 11) is 5.98. The van der Waals surface area contributed by atoms with Crippen molar-refractivity contribution in [1.82, 2.24) is 25.0 Å². The number of amides is 3. The first-order valence-electron chi connectivity index (χ1n) is 14.1. The van der Waals surface area contributed by atoms with E-state index in [1.165, 1.54) is 12.1 Å². The van der Waals surface area contributed by atoms with E-state index in [-0.39, 0.29) is 35.3 Å². The second kappa shape index (κ2) is 15.4. The molecular weight excluding hydrogens is 569 g/mol. The molecule has 1 aliphatic heterocycles. The zero-order chi connectivity index (χ0) is 30.8. The molecule has 2 aromatic carbocycles. The summed E-state index contributed by atoms with van der Waals surface area (Å²) in [6, 6.07) is 16.1. The second-order valence-electron chi connectivity index (χ2n) is 10.7. The summed E-state index contributed by atoms with van der Waals surface area (Å²) in [6.07, 6.45) is 3.53. The van der Waals surface area contributed by atoms with Crippen LogP contribution in [0.25, 0.3) is 0 Å². The molecule has 0 radical (unpaired) electrons. The molecule has 10 nitrogen and oxygen atoms in total. The molecule has 12 heteroatoms. The van der Waals surface area contributed by atoms with Crippen LogP contribution in [-0.4, -0.2) is 90.1 Å². The van der Waals surface area contributed by atoms with Crippen LogP contribution in [0.3, 0.4) is 0 Å². The highest BCUT2D eigenvalue weighted by atomic mass is 32.1. The molecule has 0 aliphatic carbocycles. The average Bonchev–Trinajstić information content (AvgIpc) is 2.98. The van der Waals surface area contributed by atoms with Crippen molar-refractivity contribution < 1.29 is 18.7 Å². The Balaban J connectivity index is 1.22. The summed E-state index contributed by atoms with van der Waals surface area (Å²) in [5, 5.41) is 8.60. The maximum absolute atomic E-state index is 13.1. The number of urea groups is 1. The van der Waals surface area contributed by atoms with E-state index in [4.69, 9.17) is 17.0 Å². The first kappa shape index (κ1) is 31.8. The molecule has 228 valence electrons. The number of hydrogen-bond acceptors (Lipinski definition) is 7. The molecule has 2 heterocycles. The van der Waals surface area contributed by atoms with Gasteiger partial charge in [0.1, 0.15) is 23.1 Å². The lowest BCUT2D eigenvalue weighted by atomic mass is 10.0. The largest absolute Gasteiger partial charge is 0.457 e. The van der Waals surface area contributed by atoms with Crippen molar-refractivity contribution in [2.45, 2.75) is 25.3 Å². The molecule has 0 bridgehead atoms. The minimum absolute atomic E-state index is 0.0795. The molecule has 1 aliphatic rings. The minimum atomic E-state index is -0.356. The molecule has 3 aromatic rings. The van der Waals surface area contributed by atoms with Crippen molar-refractivity contribution in [1.29, 1.82) is 0 Å². The van der Waals surface area contributed by atoms with E-state index in [9.17, 15) is 14.0 Å². The number of nitrogens with one attached hydrogen (secondary N) is 3. The van der Waals surface area contributed by atoms with Gasteiger partial charge in [0.2, 0.25) is 5.91 Å². The van der Waals surface area contributed by atoms with Gasteiger partial charge in [-0.3, -0.25) is 10.1 Å². The minimum Gasteiger partial charge on any atom is -0.457 e. The van der Waals surface area contributed by atoms with Gasteiger partial charge < -0.3 is 30.1 Å². The van der Waals surface area contributed by atoms with Crippen LogP contribution in [0.1, 0.15) is 18.4 Å². The number of halogens is 1. The van der Waals surface area contributed by atoms with E-state index in [0.717, 1.165) is 39.0 Å². The second-order valence-corrected chi connectivity index (χ2v) is 11.1. The highest BCUT2D eigenvalue weighted by molar-refractivity contribution is 7.80. The van der Waals surface area contributed by atoms with Gasteiger partial charge in [-0.25, -0.2) is 14.2 Å². The van der Waals surface area contributed by atoms with Crippen molar-refractivity contribution in [3.05, 3.63) is 78.2 Å². The van der Waals surface area contributed by atoms with Crippen LogP contribution in [0.2, 0.25) is 0 Å². The third-order valence-corrected chi connectivity index (χ3v) is 7.34. The lowest BCUT2D eigenvalue weighted by Gasteiger charge is -2.37. The number of likely N-dealkylation sites (tertiary alicyclic amines) is 1. The highest BCUT2D eigenvalue weighted by Crippen LogP contribution is 2.25. The van der Waals surface area contributed by atoms with Crippen molar-refractivity contribution in [2.24, 2.45) is 0 Å². The molecule has 3 N–H and O–H groups in total. The number of benzene rings is 2. The lowest BCUT2D eigenvalue weighted by Crippen LogP contribution is -2.48. The van der Waals surface area contributed by atoms with Crippen LogP contribution in [0.4, 0.5) is 20.7 Å². The first-order chi connectivity index (χ1) is 20.6. The van der Waals surface area contributed by atoms with Crippen LogP contribution in [-0.2, 0) is 11.2 Å². The van der Waals surface area contributed by atoms with Crippen LogP contribution < -0.4 is 20.7 Å². The van der Waals surface area contributed by atoms with Crippen LogP contribution >= 0.6 is 12.2 Å². The number of piperidine rings is 1. The zero-order valence-corrected chi connectivity index (χ0v) is 25.5. The quantitative estimate of drug-likeness (QED) is 0.289. The topological polar surface area (TPSA) is 102 Å². The van der Waals surface area contributed by atoms with Crippen molar-refractivity contribution >= 4 is 40.8 Å². The van der Waals surface area contributed by atoms with Gasteiger partial charge in [0.15, 0.2) is 5.11 Å². The summed E-state index contributed by atoms with van der Waals surface area (Å²) in [6.45, 7) is 4.02. The molecule has 1 aromatic heterocycles. The average molecular weight is 608 g/mol. The molecule has 4 rings (SSSR count). The molecule has 0 saturated carbocycles. The number of likely N-dealkylation sites (N-methyl/N-ethyl adjacent to an activating group) is 1. The summed E-state index contributed by atoms with van der Waals surface area (Å²) in [5.41, 5.74) is 1.34. The molecule has 43 heavy (non-hydrogen) atoms. The maximum Gasteiger partial charge on any atom is 0.323 e. The molecule has 1 saturated heterocycles. The Hall–Kier alpha value is -4.13. The SMILES string of the molecule is CN(C)CCN1CCC(N(C)C(=O)Nc2cc(Oc3ccc(NC(=S)NC(=O)Cc4ccc(F)cc4)cc3)ccn2)CC1. The van der Waals surface area contributed by atoms with Crippen molar-refractivity contribution in [3.63, 3.8) is 0 Å². The molecule has 0 atom stereocenters. The van der Waals surface area contributed by atoms with E-state index in [1.807, 2.05) is 7.05 Å². The Kier molecular flexibility index (Phi) is 11.4. The van der Waals surface area contributed by atoms with Crippen molar-refractivity contribution in [2.75, 3.05) is 58.0 Å². The van der Waals surface area contributed by atoms with E-state index in [0.29, 0.717) is 28.6 Å². The van der Waals surface area contributed by atoms with Gasteiger partial charge in [-0.05, 0) is 87.2 Å². The summed E-state index contributed by atoms with van der Waals surface area (Å²) < 4.78 is 19.0. The standard InChI is InChI=1S/C31H38FN7O3S/c1-37(2)18-19-39-16-13-25(14-17-39)38(3)31(41)35-28-21-27(12-15-33-28)42-26-10-8-24(9-11-26)34-30(43)36-29(40)20-22-4-6-23(32)7-5-22/h4-12,15,21,25H,13-14,16-20H2,1-3H3,(H,33,35,41)(H2,34,36,40,43). The predicted octanol–water partition coefficient (Wildman–Crippen LogP) is 4.56. The third kappa shape index (κ3) is 10.3. The number of carbonyl (C=O) groups excluding carboxylic acids is 2. The zero-order valence-electron chi connectivity index (χ0n) is 24.7. The maximum atomic E-state index is 13.1. The summed E-state index contributed by atoms with van der Waals surface area (Å²) in [5.74, 6) is 0.824. The number of anilines is 2. The highest BCUT2D eigenvalue weighted by Gasteiger charge is 2.25. The first-order valence-corrected chi connectivity index (χ1v) is 14.6. The van der Waals surface area contributed by atoms with Crippen LogP contribution in [0.5, 0.6) is 11.5 Å². The monoisotopic (exact) mass is 607 g/mol. The molecular formula is C31H38FN7O3S. The van der Waals surface area contributed by atoms with Gasteiger partial charge in [-0.1, -0.05) is 12.1 Å². The van der Waals surface area contributed by atoms with Crippen LogP contribution in [0, 0.1) is 5.82 Å². The Bertz CT molecular complexity index is 1380. The van der Waals surface area contributed by atoms with E-state index < -0.39 is 0 Å². The Morgan fingerprint density at radius 3 is 2.37 bits per heavy atom. The normalized spacial score (nSPS) is 13.8. The van der Waals surface area contributed by atoms with Gasteiger partial charge in [0.25, 0.3) is 0 Å². The Morgan fingerprint density at radius 1 is 1.00 bits per heavy atom. The Labute approximate surface area is 257 Å². The fourth-order valence-electron chi connectivity index (χ4n) is 4.64. The van der Waals surface area contributed by atoms with Gasteiger partial charge in [0, 0.05) is 57.2 Å². The van der Waals surface area contributed by atoms with E-state index in [1.54, 1.807) is 59.6 Å². The van der Waals surface area contributed by atoms with E-state index >= 15 is 0 Å². The number of hydrogen-bond donors (Lipinski definition) is 3. The number of nitrogens with zero attached hydrogens (tertiary/aromatic N) is 4. The predicted molar refractivity (Wildman–Crippen MR) is 170 cm³/mol. The Morgan fingerprint density at radius 2 is 1.70 bits per heavy atom.